The van der Waals surface area contributed by atoms with Crippen LogP contribution in [0.15, 0.2) is 23.2 Å². The van der Waals surface area contributed by atoms with Crippen molar-refractivity contribution in [2.45, 2.75) is 6.54 Å². The summed E-state index contributed by atoms with van der Waals surface area (Å²) in [6.45, 7) is 0.902. The van der Waals surface area contributed by atoms with E-state index in [1.54, 1.807) is 7.05 Å². The highest BCUT2D eigenvalue weighted by atomic mass is 32.2. The molecule has 0 spiro atoms. The fourth-order valence-corrected chi connectivity index (χ4v) is 2.05. The third kappa shape index (κ3) is 8.46. The summed E-state index contributed by atoms with van der Waals surface area (Å²) >= 11 is 0. The summed E-state index contributed by atoms with van der Waals surface area (Å²) in [6.07, 6.45) is 1.14. The van der Waals surface area contributed by atoms with E-state index in [9.17, 15) is 17.2 Å². The highest BCUT2D eigenvalue weighted by molar-refractivity contribution is 7.90. The molecule has 0 aromatic heterocycles. The van der Waals surface area contributed by atoms with Crippen LogP contribution in [0.4, 0.5) is 8.78 Å². The monoisotopic (exact) mass is 349 g/mol. The van der Waals surface area contributed by atoms with Crippen LogP contribution in [0.5, 0.6) is 0 Å². The maximum Gasteiger partial charge on any atom is 0.191 e. The quantitative estimate of drug-likeness (QED) is 0.410. The predicted molar refractivity (Wildman–Crippen MR) is 85.1 cm³/mol. The van der Waals surface area contributed by atoms with E-state index in [-0.39, 0.29) is 24.5 Å². The van der Waals surface area contributed by atoms with Crippen molar-refractivity contribution in [3.8, 4) is 0 Å². The first-order chi connectivity index (χ1) is 10.8. The Morgan fingerprint density at radius 1 is 1.26 bits per heavy atom. The van der Waals surface area contributed by atoms with Gasteiger partial charge in [0.2, 0.25) is 0 Å². The fourth-order valence-electron chi connectivity index (χ4n) is 1.63. The lowest BCUT2D eigenvalue weighted by atomic mass is 10.2. The molecule has 6 nitrogen and oxygen atoms in total. The van der Waals surface area contributed by atoms with Gasteiger partial charge in [-0.25, -0.2) is 17.2 Å². The Hall–Kier alpha value is -1.74. The van der Waals surface area contributed by atoms with Gasteiger partial charge in [-0.1, -0.05) is 0 Å². The third-order valence-electron chi connectivity index (χ3n) is 2.81. The normalized spacial score (nSPS) is 12.3. The molecule has 0 aliphatic rings. The molecule has 0 saturated heterocycles. The number of hydrogen-bond acceptors (Lipinski definition) is 4. The van der Waals surface area contributed by atoms with E-state index in [0.717, 1.165) is 24.5 Å². The zero-order valence-corrected chi connectivity index (χ0v) is 13.9. The number of nitrogens with one attached hydrogen (secondary N) is 2. The summed E-state index contributed by atoms with van der Waals surface area (Å²) in [5, 5.41) is 5.77. The van der Waals surface area contributed by atoms with Crippen molar-refractivity contribution in [3.05, 3.63) is 35.4 Å². The Labute approximate surface area is 134 Å². The molecule has 0 saturated carbocycles. The summed E-state index contributed by atoms with van der Waals surface area (Å²) in [4.78, 5) is 3.94. The van der Waals surface area contributed by atoms with Crippen molar-refractivity contribution in [2.75, 3.05) is 38.8 Å². The fraction of sp³-hybridized carbons (Fsp3) is 0.500. The molecule has 0 amide bonds. The maximum absolute atomic E-state index is 13.5. The minimum absolute atomic E-state index is 0.0289. The summed E-state index contributed by atoms with van der Waals surface area (Å²) in [5.74, 6) is -0.636. The summed E-state index contributed by atoms with van der Waals surface area (Å²) < 4.78 is 53.5. The van der Waals surface area contributed by atoms with Gasteiger partial charge in [0.1, 0.15) is 21.5 Å². The molecule has 0 atom stereocenters. The number of benzene rings is 1. The van der Waals surface area contributed by atoms with Gasteiger partial charge < -0.3 is 15.4 Å². The Morgan fingerprint density at radius 3 is 2.65 bits per heavy atom. The molecule has 1 aromatic rings. The van der Waals surface area contributed by atoms with E-state index in [4.69, 9.17) is 4.74 Å². The number of nitrogens with zero attached hydrogens (tertiary/aromatic N) is 1. The number of hydrogen-bond donors (Lipinski definition) is 2. The average Bonchev–Trinajstić information content (AvgIpc) is 2.48. The molecule has 0 aliphatic carbocycles. The van der Waals surface area contributed by atoms with Crippen LogP contribution in [0.1, 0.15) is 5.56 Å². The number of ether oxygens (including phenoxy) is 1. The zero-order chi connectivity index (χ0) is 17.3. The molecule has 0 bridgehead atoms. The van der Waals surface area contributed by atoms with Gasteiger partial charge in [-0.3, -0.25) is 4.99 Å². The van der Waals surface area contributed by atoms with Gasteiger partial charge in [0.15, 0.2) is 5.96 Å². The average molecular weight is 349 g/mol. The van der Waals surface area contributed by atoms with Crippen molar-refractivity contribution < 1.29 is 21.9 Å². The van der Waals surface area contributed by atoms with Gasteiger partial charge in [0.25, 0.3) is 0 Å². The number of sulfone groups is 1. The van der Waals surface area contributed by atoms with E-state index in [0.29, 0.717) is 19.1 Å². The first-order valence-electron chi connectivity index (χ1n) is 6.96. The van der Waals surface area contributed by atoms with Crippen LogP contribution in [0.2, 0.25) is 0 Å². The molecule has 0 unspecified atom stereocenters. The summed E-state index contributed by atoms with van der Waals surface area (Å²) in [7, 11) is -1.48. The van der Waals surface area contributed by atoms with Gasteiger partial charge in [0.05, 0.1) is 19.0 Å². The van der Waals surface area contributed by atoms with Crippen molar-refractivity contribution in [3.63, 3.8) is 0 Å². The van der Waals surface area contributed by atoms with E-state index in [2.05, 4.69) is 15.6 Å². The highest BCUT2D eigenvalue weighted by Crippen LogP contribution is 2.08. The lowest BCUT2D eigenvalue weighted by molar-refractivity contribution is 0.154. The lowest BCUT2D eigenvalue weighted by Gasteiger charge is -2.12. The smallest absolute Gasteiger partial charge is 0.191 e. The molecule has 0 aliphatic heterocycles. The first kappa shape index (κ1) is 19.3. The zero-order valence-electron chi connectivity index (χ0n) is 13.1. The number of halogens is 2. The number of rotatable bonds is 8. The van der Waals surface area contributed by atoms with Crippen LogP contribution in [-0.4, -0.2) is 53.2 Å². The SMILES string of the molecule is CN=C(NCCOCCS(C)(=O)=O)NCc1cc(F)ccc1F. The van der Waals surface area contributed by atoms with Crippen molar-refractivity contribution >= 4 is 15.8 Å². The molecule has 130 valence electrons. The van der Waals surface area contributed by atoms with Crippen molar-refractivity contribution in [1.29, 1.82) is 0 Å². The van der Waals surface area contributed by atoms with E-state index in [1.807, 2.05) is 0 Å². The molecule has 23 heavy (non-hydrogen) atoms. The van der Waals surface area contributed by atoms with Crippen LogP contribution in [0.3, 0.4) is 0 Å². The van der Waals surface area contributed by atoms with Gasteiger partial charge in [-0.15, -0.1) is 0 Å². The lowest BCUT2D eigenvalue weighted by Crippen LogP contribution is -2.38. The van der Waals surface area contributed by atoms with Gasteiger partial charge in [-0.2, -0.15) is 0 Å². The Balaban J connectivity index is 2.28. The second kappa shape index (κ2) is 9.41. The molecule has 0 heterocycles. The second-order valence-corrected chi connectivity index (χ2v) is 7.09. The van der Waals surface area contributed by atoms with Gasteiger partial charge in [-0.05, 0) is 18.2 Å². The largest absolute Gasteiger partial charge is 0.379 e. The topological polar surface area (TPSA) is 79.8 Å². The molecule has 0 fully saturated rings. The standard InChI is InChI=1S/C14H21F2N3O3S/c1-17-14(18-5-6-22-7-8-23(2,20)21)19-10-11-9-12(15)3-4-13(11)16/h3-4,9H,5-8,10H2,1-2H3,(H2,17,18,19). The first-order valence-corrected chi connectivity index (χ1v) is 9.02. The Kier molecular flexibility index (Phi) is 7.90. The van der Waals surface area contributed by atoms with Crippen LogP contribution in [-0.2, 0) is 21.1 Å². The second-order valence-electron chi connectivity index (χ2n) is 4.83. The van der Waals surface area contributed by atoms with Crippen LogP contribution < -0.4 is 10.6 Å². The van der Waals surface area contributed by atoms with E-state index >= 15 is 0 Å². The van der Waals surface area contributed by atoms with Crippen LogP contribution >= 0.6 is 0 Å². The van der Waals surface area contributed by atoms with Gasteiger partial charge in [0, 0.05) is 32.0 Å². The Morgan fingerprint density at radius 2 is 2.00 bits per heavy atom. The molecule has 0 radical (unpaired) electrons. The summed E-state index contributed by atoms with van der Waals surface area (Å²) in [6, 6.07) is 3.24. The predicted octanol–water partition coefficient (Wildman–Crippen LogP) is 0.691. The molecular weight excluding hydrogens is 328 g/mol. The van der Waals surface area contributed by atoms with Crippen molar-refractivity contribution in [1.82, 2.24) is 10.6 Å². The highest BCUT2D eigenvalue weighted by Gasteiger charge is 2.05. The molecule has 9 heteroatoms. The third-order valence-corrected chi connectivity index (χ3v) is 3.72. The maximum atomic E-state index is 13.5. The number of guanidine groups is 1. The van der Waals surface area contributed by atoms with Crippen LogP contribution in [0.25, 0.3) is 0 Å². The molecule has 1 rings (SSSR count). The Bertz CT molecular complexity index is 636. The van der Waals surface area contributed by atoms with Gasteiger partial charge >= 0.3 is 0 Å². The summed E-state index contributed by atoms with van der Waals surface area (Å²) in [5.41, 5.74) is 0.192. The van der Waals surface area contributed by atoms with Crippen molar-refractivity contribution in [2.24, 2.45) is 4.99 Å². The van der Waals surface area contributed by atoms with E-state index < -0.39 is 21.5 Å². The minimum atomic E-state index is -3.03. The molecule has 2 N–H and O–H groups in total. The van der Waals surface area contributed by atoms with Crippen LogP contribution in [0, 0.1) is 11.6 Å². The van der Waals surface area contributed by atoms with E-state index in [1.165, 1.54) is 0 Å². The minimum Gasteiger partial charge on any atom is -0.379 e. The molecule has 1 aromatic carbocycles. The molecular formula is C14H21F2N3O3S. The number of aliphatic imine (C=N–C) groups is 1.